The minimum Gasteiger partial charge on any atom is -0.289 e. The van der Waals surface area contributed by atoms with Gasteiger partial charge in [0.05, 0.1) is 4.90 Å². The molecule has 1 unspecified atom stereocenters. The van der Waals surface area contributed by atoms with Crippen LogP contribution in [-0.4, -0.2) is 36.4 Å². The van der Waals surface area contributed by atoms with Gasteiger partial charge >= 0.3 is 0 Å². The van der Waals surface area contributed by atoms with E-state index in [-0.39, 0.29) is 11.4 Å². The average molecular weight is 340 g/mol. The van der Waals surface area contributed by atoms with Crippen molar-refractivity contribution in [1.29, 1.82) is 0 Å². The molecule has 6 nitrogen and oxygen atoms in total. The standard InChI is InChI=1S/C16H24N2O4S/c1-12-6-8-13(9-7-12)23(21,22)18-11-5-4-10-16(2,3)14(18)15(19)17-20/h6-9,14,20H,4-5,10-11H2,1-3H3,(H,17,19). The van der Waals surface area contributed by atoms with Crippen molar-refractivity contribution in [2.45, 2.75) is 51.0 Å². The molecule has 0 aliphatic carbocycles. The molecule has 2 rings (SSSR count). The third-order valence-electron chi connectivity index (χ3n) is 4.46. The van der Waals surface area contributed by atoms with Gasteiger partial charge < -0.3 is 0 Å². The maximum absolute atomic E-state index is 13.0. The van der Waals surface area contributed by atoms with E-state index in [1.54, 1.807) is 29.7 Å². The zero-order chi connectivity index (χ0) is 17.3. The minimum atomic E-state index is -3.82. The number of aryl methyl sites for hydroxylation is 1. The van der Waals surface area contributed by atoms with Gasteiger partial charge in [-0.3, -0.25) is 10.0 Å². The van der Waals surface area contributed by atoms with Crippen LogP contribution in [0.4, 0.5) is 0 Å². The minimum absolute atomic E-state index is 0.163. The van der Waals surface area contributed by atoms with Gasteiger partial charge in [0, 0.05) is 6.54 Å². The molecule has 1 fully saturated rings. The van der Waals surface area contributed by atoms with E-state index in [9.17, 15) is 13.2 Å². The van der Waals surface area contributed by atoms with Gasteiger partial charge in [-0.2, -0.15) is 4.31 Å². The molecule has 0 aromatic heterocycles. The Labute approximate surface area is 137 Å². The summed E-state index contributed by atoms with van der Waals surface area (Å²) in [4.78, 5) is 12.4. The molecule has 1 aliphatic rings. The Morgan fingerprint density at radius 3 is 2.43 bits per heavy atom. The topological polar surface area (TPSA) is 86.7 Å². The molecule has 128 valence electrons. The number of carbonyl (C=O) groups is 1. The zero-order valence-electron chi connectivity index (χ0n) is 13.7. The van der Waals surface area contributed by atoms with Crippen LogP contribution in [0.15, 0.2) is 29.2 Å². The molecule has 0 saturated carbocycles. The number of rotatable bonds is 3. The number of hydrogen-bond donors (Lipinski definition) is 2. The molecule has 1 aromatic rings. The van der Waals surface area contributed by atoms with Gasteiger partial charge in [0.2, 0.25) is 10.0 Å². The summed E-state index contributed by atoms with van der Waals surface area (Å²) < 4.78 is 27.3. The van der Waals surface area contributed by atoms with E-state index in [0.29, 0.717) is 12.8 Å². The van der Waals surface area contributed by atoms with Crippen molar-refractivity contribution in [3.63, 3.8) is 0 Å². The summed E-state index contributed by atoms with van der Waals surface area (Å²) in [5, 5.41) is 9.08. The lowest BCUT2D eigenvalue weighted by Gasteiger charge is -2.37. The fraction of sp³-hybridized carbons (Fsp3) is 0.562. The molecule has 0 bridgehead atoms. The van der Waals surface area contributed by atoms with Gasteiger partial charge in [0.25, 0.3) is 5.91 Å². The summed E-state index contributed by atoms with van der Waals surface area (Å²) in [6, 6.07) is 5.63. The SMILES string of the molecule is Cc1ccc(S(=O)(=O)N2CCCCC(C)(C)C2C(=O)NO)cc1. The molecule has 0 spiro atoms. The number of amides is 1. The smallest absolute Gasteiger partial charge is 0.262 e. The van der Waals surface area contributed by atoms with Gasteiger partial charge in [-0.15, -0.1) is 0 Å². The van der Waals surface area contributed by atoms with Crippen LogP contribution in [0.25, 0.3) is 0 Å². The summed E-state index contributed by atoms with van der Waals surface area (Å²) in [7, 11) is -3.82. The van der Waals surface area contributed by atoms with Crippen LogP contribution in [-0.2, 0) is 14.8 Å². The Balaban J connectivity index is 2.51. The predicted molar refractivity (Wildman–Crippen MR) is 86.4 cm³/mol. The first-order valence-electron chi connectivity index (χ1n) is 7.72. The van der Waals surface area contributed by atoms with Crippen LogP contribution in [0, 0.1) is 12.3 Å². The van der Waals surface area contributed by atoms with E-state index >= 15 is 0 Å². The number of benzene rings is 1. The molecule has 23 heavy (non-hydrogen) atoms. The molecule has 1 atom stereocenters. The monoisotopic (exact) mass is 340 g/mol. The highest BCUT2D eigenvalue weighted by molar-refractivity contribution is 7.89. The summed E-state index contributed by atoms with van der Waals surface area (Å²) in [5.41, 5.74) is 2.03. The molecule has 1 amide bonds. The van der Waals surface area contributed by atoms with Crippen molar-refractivity contribution >= 4 is 15.9 Å². The normalized spacial score (nSPS) is 22.3. The van der Waals surface area contributed by atoms with Gasteiger partial charge in [-0.25, -0.2) is 13.9 Å². The van der Waals surface area contributed by atoms with Crippen LogP contribution in [0.1, 0.15) is 38.7 Å². The Morgan fingerprint density at radius 1 is 1.26 bits per heavy atom. The molecule has 1 heterocycles. The van der Waals surface area contributed by atoms with E-state index in [4.69, 9.17) is 5.21 Å². The Morgan fingerprint density at radius 2 is 1.87 bits per heavy atom. The van der Waals surface area contributed by atoms with E-state index in [1.165, 1.54) is 4.31 Å². The molecule has 0 radical (unpaired) electrons. The quantitative estimate of drug-likeness (QED) is 0.651. The predicted octanol–water partition coefficient (Wildman–Crippen LogP) is 2.07. The molecular weight excluding hydrogens is 316 g/mol. The molecular formula is C16H24N2O4S. The van der Waals surface area contributed by atoms with E-state index in [1.807, 2.05) is 20.8 Å². The third kappa shape index (κ3) is 3.57. The van der Waals surface area contributed by atoms with Crippen LogP contribution in [0.2, 0.25) is 0 Å². The lowest BCUT2D eigenvalue weighted by atomic mass is 9.80. The number of nitrogens with one attached hydrogen (secondary N) is 1. The number of nitrogens with zero attached hydrogens (tertiary/aromatic N) is 1. The van der Waals surface area contributed by atoms with Crippen molar-refractivity contribution in [3.05, 3.63) is 29.8 Å². The summed E-state index contributed by atoms with van der Waals surface area (Å²) >= 11 is 0. The summed E-state index contributed by atoms with van der Waals surface area (Å²) in [5.74, 6) is -0.687. The van der Waals surface area contributed by atoms with Crippen LogP contribution >= 0.6 is 0 Å². The fourth-order valence-corrected chi connectivity index (χ4v) is 4.93. The number of carbonyl (C=O) groups excluding carboxylic acids is 1. The first-order chi connectivity index (χ1) is 10.7. The lowest BCUT2D eigenvalue weighted by molar-refractivity contribution is -0.136. The maximum Gasteiger partial charge on any atom is 0.262 e. The van der Waals surface area contributed by atoms with E-state index < -0.39 is 27.4 Å². The highest BCUT2D eigenvalue weighted by Gasteiger charge is 2.46. The summed E-state index contributed by atoms with van der Waals surface area (Å²) in [6.07, 6.45) is 2.23. The summed E-state index contributed by atoms with van der Waals surface area (Å²) in [6.45, 7) is 5.86. The Kier molecular flexibility index (Phi) is 5.13. The highest BCUT2D eigenvalue weighted by atomic mass is 32.2. The van der Waals surface area contributed by atoms with Gasteiger partial charge in [-0.05, 0) is 37.3 Å². The molecule has 1 saturated heterocycles. The first kappa shape index (κ1) is 17.9. The number of sulfonamides is 1. The largest absolute Gasteiger partial charge is 0.289 e. The van der Waals surface area contributed by atoms with Crippen LogP contribution in [0.5, 0.6) is 0 Å². The molecule has 1 aliphatic heterocycles. The second kappa shape index (κ2) is 6.59. The highest BCUT2D eigenvalue weighted by Crippen LogP contribution is 2.37. The van der Waals surface area contributed by atoms with Crippen molar-refractivity contribution in [1.82, 2.24) is 9.79 Å². The second-order valence-corrected chi connectivity index (χ2v) is 8.64. The van der Waals surface area contributed by atoms with Crippen molar-refractivity contribution in [2.24, 2.45) is 5.41 Å². The zero-order valence-corrected chi connectivity index (χ0v) is 14.6. The fourth-order valence-electron chi connectivity index (χ4n) is 3.16. The maximum atomic E-state index is 13.0. The van der Waals surface area contributed by atoms with Crippen molar-refractivity contribution < 1.29 is 18.4 Å². The molecule has 7 heteroatoms. The van der Waals surface area contributed by atoms with Gasteiger partial charge in [0.15, 0.2) is 0 Å². The van der Waals surface area contributed by atoms with Gasteiger partial charge in [0.1, 0.15) is 6.04 Å². The second-order valence-electron chi connectivity index (χ2n) is 6.75. The Bertz CT molecular complexity index is 668. The third-order valence-corrected chi connectivity index (χ3v) is 6.34. The first-order valence-corrected chi connectivity index (χ1v) is 9.16. The number of hydroxylamine groups is 1. The van der Waals surface area contributed by atoms with Gasteiger partial charge in [-0.1, -0.05) is 38.0 Å². The van der Waals surface area contributed by atoms with E-state index in [0.717, 1.165) is 12.0 Å². The van der Waals surface area contributed by atoms with Crippen molar-refractivity contribution in [2.75, 3.05) is 6.54 Å². The van der Waals surface area contributed by atoms with Crippen LogP contribution < -0.4 is 5.48 Å². The Hall–Kier alpha value is -1.44. The average Bonchev–Trinajstić information content (AvgIpc) is 2.65. The number of hydrogen-bond acceptors (Lipinski definition) is 4. The van der Waals surface area contributed by atoms with Crippen LogP contribution in [0.3, 0.4) is 0 Å². The molecule has 1 aromatic carbocycles. The molecule has 2 N–H and O–H groups in total. The van der Waals surface area contributed by atoms with Crippen molar-refractivity contribution in [3.8, 4) is 0 Å². The van der Waals surface area contributed by atoms with E-state index in [2.05, 4.69) is 0 Å². The lowest BCUT2D eigenvalue weighted by Crippen LogP contribution is -2.55.